The summed E-state index contributed by atoms with van der Waals surface area (Å²) in [6, 6.07) is 1.63. The van der Waals surface area contributed by atoms with Crippen molar-refractivity contribution in [1.82, 2.24) is 4.90 Å². The van der Waals surface area contributed by atoms with E-state index in [9.17, 15) is 0 Å². The fourth-order valence-electron chi connectivity index (χ4n) is 3.24. The normalized spacial score (nSPS) is 36.7. The molecule has 2 rings (SSSR count). The Balaban J connectivity index is 1.95. The van der Waals surface area contributed by atoms with Gasteiger partial charge in [0.15, 0.2) is 0 Å². The molecule has 2 aliphatic heterocycles. The minimum atomic E-state index is 0.762. The van der Waals surface area contributed by atoms with Gasteiger partial charge in [-0.25, -0.2) is 0 Å². The molecule has 2 saturated heterocycles. The van der Waals surface area contributed by atoms with E-state index in [4.69, 9.17) is 6.42 Å². The number of terminal acetylenes is 1. The number of nitrogens with zero attached hydrogens (tertiary/aromatic N) is 1. The van der Waals surface area contributed by atoms with Crippen LogP contribution in [0.5, 0.6) is 0 Å². The van der Waals surface area contributed by atoms with Gasteiger partial charge in [0.2, 0.25) is 0 Å². The summed E-state index contributed by atoms with van der Waals surface area (Å²) in [7, 11) is 0. The maximum atomic E-state index is 5.22. The van der Waals surface area contributed by atoms with E-state index in [1.54, 1.807) is 0 Å². The van der Waals surface area contributed by atoms with Crippen LogP contribution in [0.2, 0.25) is 0 Å². The molecule has 0 aromatic heterocycles. The number of hydrogen-bond acceptors (Lipinski definition) is 1. The molecule has 1 heteroatoms. The Hall–Kier alpha value is -0.740. The Bertz CT molecular complexity index is 274. The van der Waals surface area contributed by atoms with Crippen LogP contribution in [0.1, 0.15) is 39.0 Å². The standard InChI is InChI=1S/C14H21N/c1-3-4-5-7-13-10-9-12(2)14-8-6-11-15(13)14/h1,4-5,12-14H,6-11H2,2H3/b5-4+/t12-,13-,14+/m1/s1. The summed E-state index contributed by atoms with van der Waals surface area (Å²) in [6.45, 7) is 3.72. The first-order chi connectivity index (χ1) is 7.33. The first-order valence-corrected chi connectivity index (χ1v) is 6.20. The predicted octanol–water partition coefficient (Wildman–Crippen LogP) is 2.83. The Morgan fingerprint density at radius 1 is 1.40 bits per heavy atom. The molecule has 2 fully saturated rings. The summed E-state index contributed by atoms with van der Waals surface area (Å²) in [4.78, 5) is 2.73. The zero-order chi connectivity index (χ0) is 10.7. The maximum Gasteiger partial charge on any atom is 0.0133 e. The van der Waals surface area contributed by atoms with Crippen molar-refractivity contribution >= 4 is 0 Å². The van der Waals surface area contributed by atoms with Crippen LogP contribution in [0.25, 0.3) is 0 Å². The fourth-order valence-corrected chi connectivity index (χ4v) is 3.24. The molecule has 0 aliphatic carbocycles. The molecule has 0 radical (unpaired) electrons. The van der Waals surface area contributed by atoms with Gasteiger partial charge in [0.05, 0.1) is 0 Å². The molecule has 15 heavy (non-hydrogen) atoms. The van der Waals surface area contributed by atoms with E-state index in [-0.39, 0.29) is 0 Å². The predicted molar refractivity (Wildman–Crippen MR) is 64.5 cm³/mol. The van der Waals surface area contributed by atoms with Gasteiger partial charge in [-0.05, 0) is 50.6 Å². The average molecular weight is 203 g/mol. The molecule has 1 nitrogen and oxygen atoms in total. The number of allylic oxidation sites excluding steroid dienone is 1. The topological polar surface area (TPSA) is 3.24 Å². The van der Waals surface area contributed by atoms with Crippen LogP contribution in [0.15, 0.2) is 12.2 Å². The third-order valence-electron chi connectivity index (χ3n) is 4.05. The molecule has 0 unspecified atom stereocenters. The Kier molecular flexibility index (Phi) is 3.49. The van der Waals surface area contributed by atoms with Crippen LogP contribution in [0.3, 0.4) is 0 Å². The minimum absolute atomic E-state index is 0.762. The second kappa shape index (κ2) is 4.86. The Morgan fingerprint density at radius 2 is 2.27 bits per heavy atom. The van der Waals surface area contributed by atoms with Crippen molar-refractivity contribution in [2.45, 2.75) is 51.1 Å². The fraction of sp³-hybridized carbons (Fsp3) is 0.714. The minimum Gasteiger partial charge on any atom is -0.297 e. The lowest BCUT2D eigenvalue weighted by Gasteiger charge is -2.41. The van der Waals surface area contributed by atoms with Crippen molar-refractivity contribution in [2.24, 2.45) is 5.92 Å². The van der Waals surface area contributed by atoms with Crippen LogP contribution in [-0.4, -0.2) is 23.5 Å². The molecule has 2 aliphatic rings. The number of rotatable bonds is 2. The highest BCUT2D eigenvalue weighted by molar-refractivity contribution is 5.09. The molecule has 82 valence electrons. The van der Waals surface area contributed by atoms with E-state index >= 15 is 0 Å². The third kappa shape index (κ3) is 2.26. The second-order valence-electron chi connectivity index (χ2n) is 4.96. The van der Waals surface area contributed by atoms with Gasteiger partial charge < -0.3 is 0 Å². The maximum absolute atomic E-state index is 5.22. The molecule has 3 atom stereocenters. The SMILES string of the molecule is C#C/C=C/C[C@@H]1CC[C@@H](C)[C@@H]2CCCN12. The summed E-state index contributed by atoms with van der Waals surface area (Å²) in [5.41, 5.74) is 0. The van der Waals surface area contributed by atoms with Gasteiger partial charge in [0.25, 0.3) is 0 Å². The van der Waals surface area contributed by atoms with Crippen LogP contribution in [0.4, 0.5) is 0 Å². The number of fused-ring (bicyclic) bond motifs is 1. The monoisotopic (exact) mass is 203 g/mol. The van der Waals surface area contributed by atoms with Crippen molar-refractivity contribution in [3.63, 3.8) is 0 Å². The first-order valence-electron chi connectivity index (χ1n) is 6.20. The van der Waals surface area contributed by atoms with Crippen molar-refractivity contribution in [3.8, 4) is 12.3 Å². The van der Waals surface area contributed by atoms with E-state index in [1.165, 1.54) is 32.2 Å². The summed E-state index contributed by atoms with van der Waals surface area (Å²) < 4.78 is 0. The molecular formula is C14H21N. The highest BCUT2D eigenvalue weighted by Crippen LogP contribution is 2.35. The van der Waals surface area contributed by atoms with E-state index in [2.05, 4.69) is 23.8 Å². The number of hydrogen-bond donors (Lipinski definition) is 0. The summed E-state index contributed by atoms with van der Waals surface area (Å²) in [5, 5.41) is 0. The number of piperidine rings is 1. The van der Waals surface area contributed by atoms with Crippen LogP contribution in [0, 0.1) is 18.3 Å². The van der Waals surface area contributed by atoms with E-state index in [0.29, 0.717) is 0 Å². The zero-order valence-corrected chi connectivity index (χ0v) is 9.65. The molecule has 0 bridgehead atoms. The van der Waals surface area contributed by atoms with Crippen molar-refractivity contribution in [2.75, 3.05) is 6.54 Å². The van der Waals surface area contributed by atoms with E-state index < -0.39 is 0 Å². The summed E-state index contributed by atoms with van der Waals surface area (Å²) >= 11 is 0. The van der Waals surface area contributed by atoms with Gasteiger partial charge in [-0.3, -0.25) is 4.90 Å². The summed E-state index contributed by atoms with van der Waals surface area (Å²) in [5.74, 6) is 3.48. The largest absolute Gasteiger partial charge is 0.297 e. The molecule has 0 aromatic carbocycles. The molecule has 0 aromatic rings. The molecule has 0 amide bonds. The lowest BCUT2D eigenvalue weighted by molar-refractivity contribution is 0.0832. The second-order valence-corrected chi connectivity index (χ2v) is 4.96. The highest BCUT2D eigenvalue weighted by atomic mass is 15.2. The van der Waals surface area contributed by atoms with Gasteiger partial charge >= 0.3 is 0 Å². The van der Waals surface area contributed by atoms with Crippen LogP contribution >= 0.6 is 0 Å². The van der Waals surface area contributed by atoms with Crippen LogP contribution < -0.4 is 0 Å². The van der Waals surface area contributed by atoms with E-state index in [1.807, 2.05) is 6.08 Å². The van der Waals surface area contributed by atoms with Gasteiger partial charge in [-0.1, -0.05) is 18.9 Å². The highest BCUT2D eigenvalue weighted by Gasteiger charge is 2.37. The summed E-state index contributed by atoms with van der Waals surface area (Å²) in [6.07, 6.45) is 15.9. The quantitative estimate of drug-likeness (QED) is 0.624. The molecular weight excluding hydrogens is 182 g/mol. The first kappa shape index (κ1) is 10.8. The average Bonchev–Trinajstić information content (AvgIpc) is 2.71. The van der Waals surface area contributed by atoms with Crippen molar-refractivity contribution in [1.29, 1.82) is 0 Å². The smallest absolute Gasteiger partial charge is 0.0133 e. The lowest BCUT2D eigenvalue weighted by atomic mass is 9.86. The van der Waals surface area contributed by atoms with Crippen LogP contribution in [-0.2, 0) is 0 Å². The third-order valence-corrected chi connectivity index (χ3v) is 4.05. The van der Waals surface area contributed by atoms with Crippen molar-refractivity contribution in [3.05, 3.63) is 12.2 Å². The molecule has 0 saturated carbocycles. The molecule has 0 spiro atoms. The van der Waals surface area contributed by atoms with Gasteiger partial charge in [0, 0.05) is 12.1 Å². The van der Waals surface area contributed by atoms with Gasteiger partial charge in [-0.2, -0.15) is 0 Å². The lowest BCUT2D eigenvalue weighted by Crippen LogP contribution is -2.46. The van der Waals surface area contributed by atoms with Gasteiger partial charge in [-0.15, -0.1) is 6.42 Å². The zero-order valence-electron chi connectivity index (χ0n) is 9.65. The molecule has 0 N–H and O–H groups in total. The molecule has 2 heterocycles. The Labute approximate surface area is 93.5 Å². The van der Waals surface area contributed by atoms with Crippen molar-refractivity contribution < 1.29 is 0 Å². The van der Waals surface area contributed by atoms with Gasteiger partial charge in [0.1, 0.15) is 0 Å². The Morgan fingerprint density at radius 3 is 3.07 bits per heavy atom. The van der Waals surface area contributed by atoms with E-state index in [0.717, 1.165) is 24.4 Å².